The first-order valence-corrected chi connectivity index (χ1v) is 16.4. The summed E-state index contributed by atoms with van der Waals surface area (Å²) in [4.78, 5) is 13.7. The first-order valence-electron chi connectivity index (χ1n) is 16.0. The van der Waals surface area contributed by atoms with Crippen molar-refractivity contribution in [1.82, 2.24) is 14.3 Å². The Kier molecular flexibility index (Phi) is 9.53. The fourth-order valence-electron chi connectivity index (χ4n) is 6.74. The maximum atomic E-state index is 14.6. The molecule has 1 atom stereocenters. The molecule has 0 saturated heterocycles. The Morgan fingerprint density at radius 1 is 1.04 bits per heavy atom. The standard InChI is InChI=1S/C36H37ClF3N3O4/c1-4-27-30-29-26(37)18-17-25-24(15-11-21-46-28-16-10-13-22-12-6-7-14-23(22)28)33(35(44)45-5-2)43(32(25)29)19-8-9-20-47-34(36(38,39)40)31(30)41-42(27)3/h6-7,10,12-14,16-18,34H,4-5,8-9,11,15,19-21H2,1-3H3. The molecule has 1 aliphatic rings. The molecule has 0 spiro atoms. The number of benzene rings is 3. The van der Waals surface area contributed by atoms with Gasteiger partial charge in [0, 0.05) is 47.8 Å². The minimum Gasteiger partial charge on any atom is -0.493 e. The van der Waals surface area contributed by atoms with Gasteiger partial charge in [0.1, 0.15) is 17.1 Å². The molecular formula is C36H37ClF3N3O4. The van der Waals surface area contributed by atoms with Gasteiger partial charge >= 0.3 is 12.1 Å². The van der Waals surface area contributed by atoms with Crippen molar-refractivity contribution >= 4 is 39.2 Å². The second kappa shape index (κ2) is 13.6. The zero-order valence-corrected chi connectivity index (χ0v) is 27.4. The first-order chi connectivity index (χ1) is 22.7. The minimum atomic E-state index is -4.70. The lowest BCUT2D eigenvalue weighted by molar-refractivity contribution is -0.225. The van der Waals surface area contributed by atoms with Crippen LogP contribution in [0.25, 0.3) is 32.8 Å². The number of alkyl halides is 3. The maximum absolute atomic E-state index is 14.6. The third-order valence-corrected chi connectivity index (χ3v) is 9.02. The van der Waals surface area contributed by atoms with Gasteiger partial charge in [-0.25, -0.2) is 4.79 Å². The van der Waals surface area contributed by atoms with E-state index >= 15 is 0 Å². The third kappa shape index (κ3) is 6.21. The Balaban J connectivity index is 1.51. The highest BCUT2D eigenvalue weighted by molar-refractivity contribution is 6.35. The average molecular weight is 668 g/mol. The second-order valence-electron chi connectivity index (χ2n) is 11.6. The molecule has 248 valence electrons. The Morgan fingerprint density at radius 3 is 2.60 bits per heavy atom. The van der Waals surface area contributed by atoms with Crippen LogP contribution in [0.3, 0.4) is 0 Å². The van der Waals surface area contributed by atoms with Crippen LogP contribution >= 0.6 is 11.6 Å². The summed E-state index contributed by atoms with van der Waals surface area (Å²) in [6.45, 7) is 4.42. The third-order valence-electron chi connectivity index (χ3n) is 8.71. The summed E-state index contributed by atoms with van der Waals surface area (Å²) < 4.78 is 64.3. The molecule has 0 radical (unpaired) electrons. The zero-order chi connectivity index (χ0) is 33.3. The lowest BCUT2D eigenvalue weighted by Gasteiger charge is -2.21. The van der Waals surface area contributed by atoms with Crippen LogP contribution in [-0.2, 0) is 35.9 Å². The van der Waals surface area contributed by atoms with Gasteiger partial charge in [-0.15, -0.1) is 0 Å². The SMILES string of the molecule is CCOC(=O)c1c(CCCOc2cccc3ccccc23)c2ccc(Cl)c3c2n1CCCCOC(C(F)(F)F)c1nn(C)c(CC)c1-3. The number of esters is 1. The first kappa shape index (κ1) is 32.9. The van der Waals surface area contributed by atoms with Crippen molar-refractivity contribution in [3.63, 3.8) is 0 Å². The number of aromatic nitrogens is 3. The molecule has 47 heavy (non-hydrogen) atoms. The Morgan fingerprint density at radius 2 is 1.83 bits per heavy atom. The second-order valence-corrected chi connectivity index (χ2v) is 12.0. The van der Waals surface area contributed by atoms with Gasteiger partial charge in [0.25, 0.3) is 0 Å². The van der Waals surface area contributed by atoms with E-state index in [2.05, 4.69) is 5.10 Å². The number of rotatable bonds is 8. The number of carbonyl (C=O) groups is 1. The molecule has 0 saturated carbocycles. The molecule has 7 nitrogen and oxygen atoms in total. The van der Waals surface area contributed by atoms with Gasteiger partial charge in [-0.05, 0) is 62.1 Å². The number of hydrogen-bond acceptors (Lipinski definition) is 5. The molecular weight excluding hydrogens is 631 g/mol. The lowest BCUT2D eigenvalue weighted by atomic mass is 9.95. The van der Waals surface area contributed by atoms with Crippen molar-refractivity contribution in [1.29, 1.82) is 0 Å². The smallest absolute Gasteiger partial charge is 0.420 e. The number of ether oxygens (including phenoxy) is 3. The van der Waals surface area contributed by atoms with Crippen LogP contribution in [0, 0.1) is 0 Å². The number of hydrogen-bond donors (Lipinski definition) is 0. The van der Waals surface area contributed by atoms with Crippen LogP contribution in [0.4, 0.5) is 13.2 Å². The van der Waals surface area contributed by atoms with Crippen molar-refractivity contribution < 1.29 is 32.2 Å². The molecule has 1 unspecified atom stereocenters. The van der Waals surface area contributed by atoms with Crippen LogP contribution in [0.1, 0.15) is 66.7 Å². The fraction of sp³-hybridized carbons (Fsp3) is 0.389. The van der Waals surface area contributed by atoms with Crippen LogP contribution in [-0.4, -0.2) is 46.3 Å². The van der Waals surface area contributed by atoms with Crippen molar-refractivity contribution in [2.75, 3.05) is 19.8 Å². The van der Waals surface area contributed by atoms with Gasteiger partial charge < -0.3 is 18.8 Å². The molecule has 5 aromatic rings. The van der Waals surface area contributed by atoms with E-state index in [4.69, 9.17) is 25.8 Å². The van der Waals surface area contributed by atoms with Crippen molar-refractivity contribution in [3.8, 4) is 16.9 Å². The van der Waals surface area contributed by atoms with Crippen molar-refractivity contribution in [2.24, 2.45) is 7.05 Å². The summed E-state index contributed by atoms with van der Waals surface area (Å²) in [6.07, 6.45) is -4.65. The zero-order valence-electron chi connectivity index (χ0n) is 26.6. The molecule has 0 fully saturated rings. The predicted molar refractivity (Wildman–Crippen MR) is 176 cm³/mol. The van der Waals surface area contributed by atoms with Crippen LogP contribution in [0.15, 0.2) is 54.6 Å². The molecule has 6 rings (SSSR count). The fourth-order valence-corrected chi connectivity index (χ4v) is 6.98. The number of fused-ring (bicyclic) bond motifs is 3. The maximum Gasteiger partial charge on any atom is 0.420 e. The van der Waals surface area contributed by atoms with Crippen molar-refractivity contribution in [2.45, 2.75) is 64.8 Å². The van der Waals surface area contributed by atoms with Gasteiger partial charge in [0.15, 0.2) is 6.10 Å². The predicted octanol–water partition coefficient (Wildman–Crippen LogP) is 9.01. The number of nitrogens with zero attached hydrogens (tertiary/aromatic N) is 3. The normalized spacial score (nSPS) is 15.4. The Hall–Kier alpha value is -4.02. The van der Waals surface area contributed by atoms with Gasteiger partial charge in [0.05, 0.1) is 23.8 Å². The highest BCUT2D eigenvalue weighted by atomic mass is 35.5. The van der Waals surface area contributed by atoms with E-state index in [1.165, 1.54) is 4.68 Å². The van der Waals surface area contributed by atoms with E-state index < -0.39 is 18.2 Å². The molecule has 2 aromatic heterocycles. The van der Waals surface area contributed by atoms with Crippen LogP contribution in [0.2, 0.25) is 5.02 Å². The van der Waals surface area contributed by atoms with Gasteiger partial charge in [0.2, 0.25) is 0 Å². The molecule has 0 bridgehead atoms. The molecule has 1 aliphatic heterocycles. The highest BCUT2D eigenvalue weighted by Gasteiger charge is 2.46. The Labute approximate surface area is 276 Å². The van der Waals surface area contributed by atoms with Gasteiger partial charge in [-0.3, -0.25) is 4.68 Å². The molecule has 3 heterocycles. The largest absolute Gasteiger partial charge is 0.493 e. The number of aryl methyl sites for hydroxylation is 3. The summed E-state index contributed by atoms with van der Waals surface area (Å²) in [6, 6.07) is 17.5. The summed E-state index contributed by atoms with van der Waals surface area (Å²) in [5.74, 6) is 0.287. The van der Waals surface area contributed by atoms with Crippen LogP contribution in [0.5, 0.6) is 5.75 Å². The van der Waals surface area contributed by atoms with Crippen molar-refractivity contribution in [3.05, 3.63) is 82.3 Å². The van der Waals surface area contributed by atoms with E-state index in [9.17, 15) is 18.0 Å². The number of halogens is 4. The summed E-state index contributed by atoms with van der Waals surface area (Å²) in [5, 5.41) is 7.47. The monoisotopic (exact) mass is 667 g/mol. The van der Waals surface area contributed by atoms with E-state index in [0.717, 1.165) is 27.5 Å². The molecule has 0 amide bonds. The van der Waals surface area contributed by atoms with E-state index in [1.807, 2.05) is 60.0 Å². The quantitative estimate of drug-likeness (QED) is 0.122. The van der Waals surface area contributed by atoms with E-state index in [0.29, 0.717) is 67.7 Å². The summed E-state index contributed by atoms with van der Waals surface area (Å²) >= 11 is 6.93. The molecule has 0 N–H and O–H groups in total. The van der Waals surface area contributed by atoms with Gasteiger partial charge in [-0.1, -0.05) is 61.0 Å². The molecule has 3 aromatic carbocycles. The van der Waals surface area contributed by atoms with E-state index in [-0.39, 0.29) is 29.5 Å². The average Bonchev–Trinajstić information content (AvgIpc) is 3.52. The molecule has 11 heteroatoms. The lowest BCUT2D eigenvalue weighted by Crippen LogP contribution is -2.25. The summed E-state index contributed by atoms with van der Waals surface area (Å²) in [5.41, 5.74) is 2.78. The topological polar surface area (TPSA) is 67.5 Å². The summed E-state index contributed by atoms with van der Waals surface area (Å²) in [7, 11) is 1.63. The van der Waals surface area contributed by atoms with Crippen LogP contribution < -0.4 is 4.74 Å². The Bertz CT molecular complexity index is 1930. The van der Waals surface area contributed by atoms with E-state index in [1.54, 1.807) is 20.0 Å². The number of carbonyl (C=O) groups excluding carboxylic acids is 1. The highest BCUT2D eigenvalue weighted by Crippen LogP contribution is 2.47. The van der Waals surface area contributed by atoms with Gasteiger partial charge in [-0.2, -0.15) is 18.3 Å². The molecule has 0 aliphatic carbocycles. The minimum absolute atomic E-state index is 0.122.